The third-order valence-electron chi connectivity index (χ3n) is 7.72. The third-order valence-corrected chi connectivity index (χ3v) is 7.72. The molecule has 0 radical (unpaired) electrons. The van der Waals surface area contributed by atoms with E-state index in [0.29, 0.717) is 52.3 Å². The number of carbonyl (C=O) groups excluding carboxylic acids is 1. The lowest BCUT2D eigenvalue weighted by Gasteiger charge is -2.30. The molecule has 9 heteroatoms. The number of pyridine rings is 2. The number of anilines is 2. The van der Waals surface area contributed by atoms with Gasteiger partial charge in [0, 0.05) is 43.8 Å². The van der Waals surface area contributed by atoms with E-state index in [9.17, 15) is 4.79 Å². The van der Waals surface area contributed by atoms with Crippen LogP contribution in [0.2, 0.25) is 0 Å². The summed E-state index contributed by atoms with van der Waals surface area (Å²) < 4.78 is 6.01. The zero-order chi connectivity index (χ0) is 25.5. The minimum absolute atomic E-state index is 0.0130. The van der Waals surface area contributed by atoms with Crippen molar-refractivity contribution in [3.8, 4) is 11.8 Å². The molecule has 3 fully saturated rings. The first-order chi connectivity index (χ1) is 18.0. The lowest BCUT2D eigenvalue weighted by atomic mass is 10.1. The van der Waals surface area contributed by atoms with E-state index in [4.69, 9.17) is 4.74 Å². The number of fused-ring (bicyclic) bond motifs is 1. The quantitative estimate of drug-likeness (QED) is 0.519. The largest absolute Gasteiger partial charge is 0.375 e. The molecule has 3 aliphatic rings. The Morgan fingerprint density at radius 1 is 1.16 bits per heavy atom. The topological polar surface area (TPSA) is 105 Å². The number of morpholine rings is 1. The van der Waals surface area contributed by atoms with E-state index in [1.165, 1.54) is 5.56 Å². The second-order valence-electron chi connectivity index (χ2n) is 10.5. The fourth-order valence-corrected chi connectivity index (χ4v) is 5.19. The minimum atomic E-state index is -0.0130. The van der Waals surface area contributed by atoms with Crippen molar-refractivity contribution in [2.75, 3.05) is 44.4 Å². The summed E-state index contributed by atoms with van der Waals surface area (Å²) in [7, 11) is 3.94. The number of aromatic nitrogens is 4. The summed E-state index contributed by atoms with van der Waals surface area (Å²) in [5.41, 5.74) is 3.24. The van der Waals surface area contributed by atoms with E-state index in [2.05, 4.69) is 67.6 Å². The van der Waals surface area contributed by atoms with Crippen molar-refractivity contribution in [1.82, 2.24) is 25.1 Å². The van der Waals surface area contributed by atoms with Gasteiger partial charge < -0.3 is 20.3 Å². The molecule has 2 aliphatic carbocycles. The van der Waals surface area contributed by atoms with E-state index >= 15 is 0 Å². The van der Waals surface area contributed by atoms with Gasteiger partial charge in [-0.15, -0.1) is 10.2 Å². The summed E-state index contributed by atoms with van der Waals surface area (Å²) >= 11 is 0. The lowest BCUT2D eigenvalue weighted by molar-refractivity contribution is -0.117. The van der Waals surface area contributed by atoms with Crippen LogP contribution < -0.4 is 10.6 Å². The standard InChI is InChI=1S/C28H31N7O2/c1-16-10-20(16)28(36)32-25-12-22-18(14-31-27(29-2)26(22)34-33-25)5-7-19-6-4-17(13-30-19)21-11-23(21)24-15-35(3)8-9-37-24/h4,6,12-14,16,20-21,23-24H,8-11,15H2,1-3H3,(H,29,31)(H,32,33,36)/t16-,20+,21-,23-,24+/m1/s1. The van der Waals surface area contributed by atoms with Gasteiger partial charge in [0.05, 0.1) is 18.3 Å². The van der Waals surface area contributed by atoms with E-state index in [1.54, 1.807) is 13.2 Å². The monoisotopic (exact) mass is 497 g/mol. The van der Waals surface area contributed by atoms with E-state index in [1.807, 2.05) is 18.3 Å². The molecule has 2 N–H and O–H groups in total. The van der Waals surface area contributed by atoms with Crippen LogP contribution in [0.4, 0.5) is 11.6 Å². The Morgan fingerprint density at radius 2 is 2.03 bits per heavy atom. The molecule has 190 valence electrons. The average Bonchev–Trinajstić information content (AvgIpc) is 3.84. The Hall–Kier alpha value is -3.61. The first kappa shape index (κ1) is 23.8. The second-order valence-corrected chi connectivity index (χ2v) is 10.5. The zero-order valence-corrected chi connectivity index (χ0v) is 21.4. The Balaban J connectivity index is 1.20. The Bertz CT molecular complexity index is 1400. The molecule has 5 atom stereocenters. The van der Waals surface area contributed by atoms with Crippen LogP contribution in [-0.4, -0.2) is 70.9 Å². The van der Waals surface area contributed by atoms with E-state index in [0.717, 1.165) is 37.9 Å². The molecule has 3 aromatic rings. The maximum absolute atomic E-state index is 12.4. The van der Waals surface area contributed by atoms with Crippen LogP contribution in [0, 0.1) is 29.6 Å². The first-order valence-electron chi connectivity index (χ1n) is 12.9. The second kappa shape index (κ2) is 9.69. The minimum Gasteiger partial charge on any atom is -0.375 e. The van der Waals surface area contributed by atoms with Crippen molar-refractivity contribution in [2.24, 2.45) is 17.8 Å². The number of hydrogen-bond acceptors (Lipinski definition) is 8. The van der Waals surface area contributed by atoms with Gasteiger partial charge in [-0.05, 0) is 61.3 Å². The zero-order valence-electron chi connectivity index (χ0n) is 21.4. The van der Waals surface area contributed by atoms with Gasteiger partial charge in [0.1, 0.15) is 11.2 Å². The number of hydrogen-bond donors (Lipinski definition) is 2. The highest BCUT2D eigenvalue weighted by Crippen LogP contribution is 2.50. The van der Waals surface area contributed by atoms with E-state index < -0.39 is 0 Å². The molecule has 4 heterocycles. The van der Waals surface area contributed by atoms with Gasteiger partial charge >= 0.3 is 0 Å². The summed E-state index contributed by atoms with van der Waals surface area (Å²) in [6.07, 6.45) is 6.04. The van der Waals surface area contributed by atoms with Gasteiger partial charge in [-0.3, -0.25) is 4.79 Å². The Morgan fingerprint density at radius 3 is 2.76 bits per heavy atom. The van der Waals surface area contributed by atoms with Crippen LogP contribution >= 0.6 is 0 Å². The molecule has 3 aromatic heterocycles. The Kier molecular flexibility index (Phi) is 6.22. The van der Waals surface area contributed by atoms with Crippen molar-refractivity contribution < 1.29 is 9.53 Å². The smallest absolute Gasteiger partial charge is 0.228 e. The maximum atomic E-state index is 12.4. The van der Waals surface area contributed by atoms with E-state index in [-0.39, 0.29) is 11.8 Å². The van der Waals surface area contributed by atoms with Crippen molar-refractivity contribution in [1.29, 1.82) is 0 Å². The van der Waals surface area contributed by atoms with Gasteiger partial charge in [-0.25, -0.2) is 9.97 Å². The molecule has 1 amide bonds. The highest BCUT2D eigenvalue weighted by atomic mass is 16.5. The van der Waals surface area contributed by atoms with Gasteiger partial charge in [-0.2, -0.15) is 0 Å². The van der Waals surface area contributed by atoms with Crippen LogP contribution in [-0.2, 0) is 9.53 Å². The fraction of sp³-hybridized carbons (Fsp3) is 0.464. The molecule has 0 bridgehead atoms. The number of nitrogens with one attached hydrogen (secondary N) is 2. The molecule has 37 heavy (non-hydrogen) atoms. The van der Waals surface area contributed by atoms with Gasteiger partial charge in [0.2, 0.25) is 5.91 Å². The van der Waals surface area contributed by atoms with Crippen molar-refractivity contribution in [2.45, 2.75) is 31.8 Å². The number of nitrogens with zero attached hydrogens (tertiary/aromatic N) is 5. The number of likely N-dealkylation sites (N-methyl/N-ethyl adjacent to an activating group) is 1. The highest BCUT2D eigenvalue weighted by molar-refractivity contribution is 5.97. The molecule has 0 unspecified atom stereocenters. The van der Waals surface area contributed by atoms with Crippen LogP contribution in [0.25, 0.3) is 10.9 Å². The molecular weight excluding hydrogens is 466 g/mol. The molecular formula is C28H31N7O2. The van der Waals surface area contributed by atoms with Crippen molar-refractivity contribution in [3.63, 3.8) is 0 Å². The summed E-state index contributed by atoms with van der Waals surface area (Å²) in [4.78, 5) is 23.8. The molecule has 9 nitrogen and oxygen atoms in total. The first-order valence-corrected chi connectivity index (χ1v) is 12.9. The number of ether oxygens (including phenoxy) is 1. The van der Waals surface area contributed by atoms with Crippen LogP contribution in [0.1, 0.15) is 42.5 Å². The Labute approximate surface area is 216 Å². The van der Waals surface area contributed by atoms with Crippen molar-refractivity contribution in [3.05, 3.63) is 47.4 Å². The number of rotatable bonds is 5. The third kappa shape index (κ3) is 4.99. The van der Waals surface area contributed by atoms with Gasteiger partial charge in [0.25, 0.3) is 0 Å². The van der Waals surface area contributed by atoms with Gasteiger partial charge in [-0.1, -0.05) is 18.9 Å². The predicted molar refractivity (Wildman–Crippen MR) is 141 cm³/mol. The summed E-state index contributed by atoms with van der Waals surface area (Å²) in [6, 6.07) is 5.92. The van der Waals surface area contributed by atoms with Crippen LogP contribution in [0.5, 0.6) is 0 Å². The molecule has 0 aromatic carbocycles. The predicted octanol–water partition coefficient (Wildman–Crippen LogP) is 2.89. The molecule has 2 saturated carbocycles. The fourth-order valence-electron chi connectivity index (χ4n) is 5.19. The summed E-state index contributed by atoms with van der Waals surface area (Å²) in [5, 5.41) is 15.2. The van der Waals surface area contributed by atoms with Crippen molar-refractivity contribution >= 4 is 28.4 Å². The van der Waals surface area contributed by atoms with Crippen LogP contribution in [0.15, 0.2) is 30.6 Å². The molecule has 6 rings (SSSR count). The van der Waals surface area contributed by atoms with Gasteiger partial charge in [0.15, 0.2) is 11.6 Å². The number of amides is 1. The summed E-state index contributed by atoms with van der Waals surface area (Å²) in [5.74, 6) is 8.93. The average molecular weight is 498 g/mol. The SMILES string of the molecule is CNc1ncc(C#Cc2ccc([C@H]3C[C@H]3[C@@H]3CN(C)CCO3)cn2)c2cc(NC(=O)[C@H]3C[C@H]3C)nnc12. The molecule has 1 saturated heterocycles. The lowest BCUT2D eigenvalue weighted by Crippen LogP contribution is -2.41. The van der Waals surface area contributed by atoms with Crippen LogP contribution in [0.3, 0.4) is 0 Å². The molecule has 1 aliphatic heterocycles. The molecule has 0 spiro atoms. The normalized spacial score (nSPS) is 26.7. The summed E-state index contributed by atoms with van der Waals surface area (Å²) in [6.45, 7) is 4.90. The number of carbonyl (C=O) groups is 1. The highest BCUT2D eigenvalue weighted by Gasteiger charge is 2.45. The maximum Gasteiger partial charge on any atom is 0.228 e.